The highest BCUT2D eigenvalue weighted by Gasteiger charge is 2.53. The number of nitrogens with one attached hydrogen (secondary N) is 1. The van der Waals surface area contributed by atoms with Gasteiger partial charge >= 0.3 is 0 Å². The van der Waals surface area contributed by atoms with Crippen LogP contribution in [0.5, 0.6) is 0 Å². The fourth-order valence-corrected chi connectivity index (χ4v) is 3.26. The molecule has 2 aliphatic rings. The summed E-state index contributed by atoms with van der Waals surface area (Å²) in [5, 5.41) is 0. The zero-order valence-electron chi connectivity index (χ0n) is 9.65. The first kappa shape index (κ1) is 9.83. The van der Waals surface area contributed by atoms with Crippen LogP contribution < -0.4 is 0 Å². The molecule has 88 valence electrons. The molecule has 17 heavy (non-hydrogen) atoms. The van der Waals surface area contributed by atoms with Gasteiger partial charge in [0.1, 0.15) is 0 Å². The minimum atomic E-state index is 0.560. The van der Waals surface area contributed by atoms with E-state index in [1.54, 1.807) is 0 Å². The lowest BCUT2D eigenvalue weighted by molar-refractivity contribution is 0.372. The summed E-state index contributed by atoms with van der Waals surface area (Å²) in [7, 11) is 0. The number of rotatable bonds is 3. The second-order valence-electron chi connectivity index (χ2n) is 5.53. The summed E-state index contributed by atoms with van der Waals surface area (Å²) in [4.78, 5) is 7.71. The maximum atomic E-state index is 5.42. The summed E-state index contributed by atoms with van der Waals surface area (Å²) in [6.07, 6.45) is 7.43. The molecule has 0 amide bonds. The number of fused-ring (bicyclic) bond motifs is 1. The van der Waals surface area contributed by atoms with Crippen molar-refractivity contribution < 1.29 is 0 Å². The fourth-order valence-electron chi connectivity index (χ4n) is 3.00. The normalized spacial score (nSPS) is 21.9. The molecule has 3 nitrogen and oxygen atoms in total. The Hall–Kier alpha value is -1.16. The molecule has 2 aromatic heterocycles. The van der Waals surface area contributed by atoms with E-state index in [-0.39, 0.29) is 0 Å². The van der Waals surface area contributed by atoms with Crippen LogP contribution in [0.2, 0.25) is 0 Å². The van der Waals surface area contributed by atoms with E-state index >= 15 is 0 Å². The molecular formula is C13H15N3S. The Morgan fingerprint density at radius 2 is 2.29 bits per heavy atom. The Labute approximate surface area is 105 Å². The summed E-state index contributed by atoms with van der Waals surface area (Å²) >= 11 is 5.42. The molecule has 4 rings (SSSR count). The van der Waals surface area contributed by atoms with Crippen molar-refractivity contribution in [2.24, 2.45) is 11.3 Å². The summed E-state index contributed by atoms with van der Waals surface area (Å²) in [6, 6.07) is 4.00. The molecule has 2 aliphatic carbocycles. The van der Waals surface area contributed by atoms with Gasteiger partial charge in [-0.15, -0.1) is 0 Å². The number of H-pyrrole nitrogens is 1. The van der Waals surface area contributed by atoms with Crippen LogP contribution in [0.4, 0.5) is 0 Å². The third-order valence-corrected chi connectivity index (χ3v) is 4.66. The molecule has 0 unspecified atom stereocenters. The quantitative estimate of drug-likeness (QED) is 0.842. The average molecular weight is 245 g/mol. The average Bonchev–Trinajstić information content (AvgIpc) is 3.20. The lowest BCUT2D eigenvalue weighted by Crippen LogP contribution is -2.14. The number of aromatic amines is 1. The van der Waals surface area contributed by atoms with Gasteiger partial charge in [-0.3, -0.25) is 0 Å². The van der Waals surface area contributed by atoms with Crippen molar-refractivity contribution in [1.29, 1.82) is 0 Å². The molecule has 0 radical (unpaired) electrons. The lowest BCUT2D eigenvalue weighted by Gasteiger charge is -2.14. The number of pyridine rings is 1. The molecule has 2 aromatic rings. The van der Waals surface area contributed by atoms with Crippen LogP contribution in [-0.4, -0.2) is 14.5 Å². The van der Waals surface area contributed by atoms with Gasteiger partial charge in [0.2, 0.25) is 0 Å². The molecule has 0 aromatic carbocycles. The van der Waals surface area contributed by atoms with Gasteiger partial charge in [-0.2, -0.15) is 0 Å². The van der Waals surface area contributed by atoms with Crippen molar-refractivity contribution in [3.05, 3.63) is 23.1 Å². The van der Waals surface area contributed by atoms with Crippen LogP contribution >= 0.6 is 12.2 Å². The fraction of sp³-hybridized carbons (Fsp3) is 0.538. The van der Waals surface area contributed by atoms with Gasteiger partial charge in [0.25, 0.3) is 0 Å². The Morgan fingerprint density at radius 1 is 1.47 bits per heavy atom. The van der Waals surface area contributed by atoms with Gasteiger partial charge in [0.05, 0.1) is 5.52 Å². The molecule has 0 saturated heterocycles. The van der Waals surface area contributed by atoms with E-state index in [0.29, 0.717) is 5.41 Å². The molecule has 0 spiro atoms. The largest absolute Gasteiger partial charge is 0.329 e. The molecule has 0 atom stereocenters. The zero-order chi connectivity index (χ0) is 11.5. The third-order valence-electron chi connectivity index (χ3n) is 4.34. The number of hydrogen-bond acceptors (Lipinski definition) is 2. The van der Waals surface area contributed by atoms with Crippen LogP contribution in [0.25, 0.3) is 11.2 Å². The summed E-state index contributed by atoms with van der Waals surface area (Å²) in [5.74, 6) is 0.957. The van der Waals surface area contributed by atoms with E-state index < -0.39 is 0 Å². The molecule has 2 saturated carbocycles. The van der Waals surface area contributed by atoms with Crippen molar-refractivity contribution >= 4 is 23.4 Å². The van der Waals surface area contributed by atoms with Crippen LogP contribution in [0, 0.1) is 16.1 Å². The Bertz CT molecular complexity index is 631. The standard InChI is InChI=1S/C13H15N3S/c17-12-15-10-2-1-7-14-11(10)16(12)8-13(5-6-13)9-3-4-9/h1-2,7,9H,3-6,8H2,(H,15,17). The highest BCUT2D eigenvalue weighted by molar-refractivity contribution is 7.71. The van der Waals surface area contributed by atoms with Crippen molar-refractivity contribution in [3.8, 4) is 0 Å². The summed E-state index contributed by atoms with van der Waals surface area (Å²) in [5.41, 5.74) is 2.64. The van der Waals surface area contributed by atoms with Crippen molar-refractivity contribution in [3.63, 3.8) is 0 Å². The van der Waals surface area contributed by atoms with Gasteiger partial charge in [0.15, 0.2) is 10.4 Å². The number of hydrogen-bond donors (Lipinski definition) is 1. The second-order valence-corrected chi connectivity index (χ2v) is 5.91. The SMILES string of the molecule is S=c1[nH]c2cccnc2n1CC1(C2CC2)CC1. The van der Waals surface area contributed by atoms with E-state index in [0.717, 1.165) is 28.4 Å². The maximum Gasteiger partial charge on any atom is 0.179 e. The summed E-state index contributed by atoms with van der Waals surface area (Å²) in [6.45, 7) is 1.06. The summed E-state index contributed by atoms with van der Waals surface area (Å²) < 4.78 is 3.03. The van der Waals surface area contributed by atoms with E-state index in [2.05, 4.69) is 14.5 Å². The first-order valence-corrected chi connectivity index (χ1v) is 6.73. The highest BCUT2D eigenvalue weighted by Crippen LogP contribution is 2.62. The molecule has 2 heterocycles. The van der Waals surface area contributed by atoms with E-state index in [1.807, 2.05) is 18.3 Å². The predicted octanol–water partition coefficient (Wildman–Crippen LogP) is 3.28. The Kier molecular flexibility index (Phi) is 1.85. The van der Waals surface area contributed by atoms with E-state index in [1.165, 1.54) is 25.7 Å². The van der Waals surface area contributed by atoms with E-state index in [9.17, 15) is 0 Å². The Morgan fingerprint density at radius 3 is 3.00 bits per heavy atom. The third kappa shape index (κ3) is 1.47. The van der Waals surface area contributed by atoms with Gasteiger partial charge in [-0.05, 0) is 61.4 Å². The van der Waals surface area contributed by atoms with Crippen molar-refractivity contribution in [2.75, 3.05) is 0 Å². The number of nitrogens with zero attached hydrogens (tertiary/aromatic N) is 2. The van der Waals surface area contributed by atoms with Crippen molar-refractivity contribution in [1.82, 2.24) is 14.5 Å². The molecular weight excluding hydrogens is 230 g/mol. The first-order chi connectivity index (χ1) is 8.28. The molecule has 0 aliphatic heterocycles. The monoisotopic (exact) mass is 245 g/mol. The van der Waals surface area contributed by atoms with Gasteiger partial charge in [-0.1, -0.05) is 0 Å². The minimum Gasteiger partial charge on any atom is -0.329 e. The zero-order valence-corrected chi connectivity index (χ0v) is 10.5. The van der Waals surface area contributed by atoms with Crippen LogP contribution in [0.15, 0.2) is 18.3 Å². The van der Waals surface area contributed by atoms with Gasteiger partial charge in [0, 0.05) is 12.7 Å². The van der Waals surface area contributed by atoms with E-state index in [4.69, 9.17) is 12.2 Å². The highest BCUT2D eigenvalue weighted by atomic mass is 32.1. The van der Waals surface area contributed by atoms with Crippen molar-refractivity contribution in [2.45, 2.75) is 32.2 Å². The molecule has 2 fully saturated rings. The second kappa shape index (κ2) is 3.19. The number of aromatic nitrogens is 3. The van der Waals surface area contributed by atoms with Gasteiger partial charge in [-0.25, -0.2) is 4.98 Å². The first-order valence-electron chi connectivity index (χ1n) is 6.32. The smallest absolute Gasteiger partial charge is 0.179 e. The molecule has 4 heteroatoms. The minimum absolute atomic E-state index is 0.560. The lowest BCUT2D eigenvalue weighted by atomic mass is 10.0. The molecule has 1 N–H and O–H groups in total. The predicted molar refractivity (Wildman–Crippen MR) is 69.3 cm³/mol. The van der Waals surface area contributed by atoms with Crippen LogP contribution in [-0.2, 0) is 6.54 Å². The van der Waals surface area contributed by atoms with Crippen LogP contribution in [0.3, 0.4) is 0 Å². The Balaban J connectivity index is 1.80. The molecule has 0 bridgehead atoms. The van der Waals surface area contributed by atoms with Crippen LogP contribution in [0.1, 0.15) is 25.7 Å². The van der Waals surface area contributed by atoms with Gasteiger partial charge < -0.3 is 9.55 Å². The topological polar surface area (TPSA) is 33.6 Å². The maximum absolute atomic E-state index is 5.42. The number of imidazole rings is 1.